The Morgan fingerprint density at radius 2 is 1.95 bits per heavy atom. The Hall–Kier alpha value is -1.55. The summed E-state index contributed by atoms with van der Waals surface area (Å²) in [5.41, 5.74) is 0.931. The van der Waals surface area contributed by atoms with E-state index in [4.69, 9.17) is 4.74 Å². The summed E-state index contributed by atoms with van der Waals surface area (Å²) in [6, 6.07) is 11.5. The monoisotopic (exact) mass is 304 g/mol. The standard InChI is InChI=1S/C18H28N2O2/c1-13(10-11-14-8-6-5-7-9-14)19-15-12-16(15)20-17(21)22-18(2,3)4/h5-9,13,15-16,19H,10-12H2,1-4H3,(H,20,21). The van der Waals surface area contributed by atoms with Crippen molar-refractivity contribution in [1.82, 2.24) is 10.6 Å². The number of carbonyl (C=O) groups excluding carboxylic acids is 1. The second-order valence-electron chi connectivity index (χ2n) is 7.19. The first kappa shape index (κ1) is 16.8. The molecular weight excluding hydrogens is 276 g/mol. The van der Waals surface area contributed by atoms with Gasteiger partial charge in [0.25, 0.3) is 0 Å². The van der Waals surface area contributed by atoms with Crippen LogP contribution in [-0.4, -0.2) is 29.8 Å². The molecule has 2 N–H and O–H groups in total. The van der Waals surface area contributed by atoms with Gasteiger partial charge in [-0.05, 0) is 52.5 Å². The van der Waals surface area contributed by atoms with Gasteiger partial charge in [0.05, 0.1) is 0 Å². The van der Waals surface area contributed by atoms with Gasteiger partial charge >= 0.3 is 6.09 Å². The van der Waals surface area contributed by atoms with Gasteiger partial charge in [-0.1, -0.05) is 30.3 Å². The van der Waals surface area contributed by atoms with E-state index in [2.05, 4.69) is 41.8 Å². The predicted molar refractivity (Wildman–Crippen MR) is 88.9 cm³/mol. The quantitative estimate of drug-likeness (QED) is 0.848. The lowest BCUT2D eigenvalue weighted by Gasteiger charge is -2.20. The molecule has 1 saturated carbocycles. The first-order chi connectivity index (χ1) is 10.3. The van der Waals surface area contributed by atoms with E-state index in [9.17, 15) is 4.79 Å². The molecule has 0 aromatic heterocycles. The van der Waals surface area contributed by atoms with Gasteiger partial charge < -0.3 is 15.4 Å². The fraction of sp³-hybridized carbons (Fsp3) is 0.611. The molecule has 4 nitrogen and oxygen atoms in total. The van der Waals surface area contributed by atoms with Crippen LogP contribution in [0.25, 0.3) is 0 Å². The summed E-state index contributed by atoms with van der Waals surface area (Å²) in [5, 5.41) is 6.49. The van der Waals surface area contributed by atoms with Crippen molar-refractivity contribution in [3.05, 3.63) is 35.9 Å². The highest BCUT2D eigenvalue weighted by molar-refractivity contribution is 5.68. The molecule has 0 heterocycles. The number of hydrogen-bond donors (Lipinski definition) is 2. The summed E-state index contributed by atoms with van der Waals surface area (Å²) < 4.78 is 5.27. The Morgan fingerprint density at radius 3 is 2.59 bits per heavy atom. The van der Waals surface area contributed by atoms with Crippen molar-refractivity contribution >= 4 is 6.09 Å². The number of alkyl carbamates (subject to hydrolysis) is 1. The number of nitrogens with one attached hydrogen (secondary N) is 2. The van der Waals surface area contributed by atoms with Gasteiger partial charge in [-0.2, -0.15) is 0 Å². The molecule has 1 aromatic carbocycles. The first-order valence-electron chi connectivity index (χ1n) is 8.13. The van der Waals surface area contributed by atoms with Crippen molar-refractivity contribution in [3.8, 4) is 0 Å². The van der Waals surface area contributed by atoms with E-state index in [0.29, 0.717) is 12.1 Å². The number of benzene rings is 1. The molecule has 3 atom stereocenters. The van der Waals surface area contributed by atoms with Gasteiger partial charge in [0, 0.05) is 18.1 Å². The minimum Gasteiger partial charge on any atom is -0.444 e. The Balaban J connectivity index is 1.63. The van der Waals surface area contributed by atoms with Crippen LogP contribution >= 0.6 is 0 Å². The SMILES string of the molecule is CC(CCc1ccccc1)NC1CC1NC(=O)OC(C)(C)C. The molecule has 1 aliphatic carbocycles. The Bertz CT molecular complexity index is 482. The first-order valence-corrected chi connectivity index (χ1v) is 8.13. The largest absolute Gasteiger partial charge is 0.444 e. The molecule has 0 aliphatic heterocycles. The second kappa shape index (κ2) is 7.14. The van der Waals surface area contributed by atoms with Crippen LogP contribution in [0.3, 0.4) is 0 Å². The van der Waals surface area contributed by atoms with Gasteiger partial charge in [0.1, 0.15) is 5.60 Å². The van der Waals surface area contributed by atoms with E-state index < -0.39 is 5.60 Å². The molecular formula is C18H28N2O2. The van der Waals surface area contributed by atoms with Crippen LogP contribution in [0.1, 0.15) is 46.1 Å². The van der Waals surface area contributed by atoms with Crippen molar-refractivity contribution in [2.45, 2.75) is 70.7 Å². The highest BCUT2D eigenvalue weighted by Gasteiger charge is 2.39. The van der Waals surface area contributed by atoms with Crippen molar-refractivity contribution < 1.29 is 9.53 Å². The van der Waals surface area contributed by atoms with Crippen LogP contribution in [-0.2, 0) is 11.2 Å². The van der Waals surface area contributed by atoms with E-state index in [-0.39, 0.29) is 12.1 Å². The molecule has 0 saturated heterocycles. The Morgan fingerprint density at radius 1 is 1.27 bits per heavy atom. The lowest BCUT2D eigenvalue weighted by molar-refractivity contribution is 0.0522. The number of hydrogen-bond acceptors (Lipinski definition) is 3. The summed E-state index contributed by atoms with van der Waals surface area (Å²) in [6.07, 6.45) is 2.83. The zero-order valence-corrected chi connectivity index (χ0v) is 14.1. The molecule has 4 heteroatoms. The summed E-state index contributed by atoms with van der Waals surface area (Å²) in [6.45, 7) is 7.83. The van der Waals surface area contributed by atoms with Crippen molar-refractivity contribution in [3.63, 3.8) is 0 Å². The lowest BCUT2D eigenvalue weighted by Crippen LogP contribution is -2.38. The summed E-state index contributed by atoms with van der Waals surface area (Å²) in [4.78, 5) is 11.7. The Kier molecular flexibility index (Phi) is 5.46. The van der Waals surface area contributed by atoms with Gasteiger partial charge in [0.2, 0.25) is 0 Å². The fourth-order valence-corrected chi connectivity index (χ4v) is 2.47. The van der Waals surface area contributed by atoms with Gasteiger partial charge in [-0.25, -0.2) is 4.79 Å². The molecule has 1 amide bonds. The van der Waals surface area contributed by atoms with Gasteiger partial charge in [-0.15, -0.1) is 0 Å². The van der Waals surface area contributed by atoms with Gasteiger partial charge in [-0.3, -0.25) is 0 Å². The smallest absolute Gasteiger partial charge is 0.407 e. The topological polar surface area (TPSA) is 50.4 Å². The fourth-order valence-electron chi connectivity index (χ4n) is 2.47. The van der Waals surface area contributed by atoms with Crippen LogP contribution in [0.2, 0.25) is 0 Å². The molecule has 1 aromatic rings. The van der Waals surface area contributed by atoms with Crippen LogP contribution in [0.4, 0.5) is 4.79 Å². The molecule has 22 heavy (non-hydrogen) atoms. The zero-order chi connectivity index (χ0) is 16.2. The van der Waals surface area contributed by atoms with Crippen molar-refractivity contribution in [2.24, 2.45) is 0 Å². The normalized spacial score (nSPS) is 22.0. The molecule has 0 bridgehead atoms. The average Bonchev–Trinajstić information content (AvgIpc) is 3.13. The van der Waals surface area contributed by atoms with Crippen molar-refractivity contribution in [1.29, 1.82) is 0 Å². The highest BCUT2D eigenvalue weighted by atomic mass is 16.6. The maximum Gasteiger partial charge on any atom is 0.407 e. The number of ether oxygens (including phenoxy) is 1. The third-order valence-corrected chi connectivity index (χ3v) is 3.70. The maximum absolute atomic E-state index is 11.7. The molecule has 122 valence electrons. The minimum atomic E-state index is -0.440. The van der Waals surface area contributed by atoms with Gasteiger partial charge in [0.15, 0.2) is 0 Å². The number of amides is 1. The van der Waals surface area contributed by atoms with Crippen LogP contribution < -0.4 is 10.6 Å². The van der Waals surface area contributed by atoms with E-state index in [1.165, 1.54) is 5.56 Å². The average molecular weight is 304 g/mol. The number of rotatable bonds is 6. The summed E-state index contributed by atoms with van der Waals surface area (Å²) in [7, 11) is 0. The Labute approximate surface area is 133 Å². The van der Waals surface area contributed by atoms with E-state index in [1.807, 2.05) is 26.8 Å². The molecule has 0 spiro atoms. The maximum atomic E-state index is 11.7. The number of aryl methyl sites for hydroxylation is 1. The second-order valence-corrected chi connectivity index (χ2v) is 7.19. The summed E-state index contributed by atoms with van der Waals surface area (Å²) in [5.74, 6) is 0. The molecule has 0 radical (unpaired) electrons. The number of carbonyl (C=O) groups is 1. The van der Waals surface area contributed by atoms with E-state index in [0.717, 1.165) is 19.3 Å². The van der Waals surface area contributed by atoms with Crippen LogP contribution in [0.5, 0.6) is 0 Å². The zero-order valence-electron chi connectivity index (χ0n) is 14.1. The molecule has 2 rings (SSSR count). The van der Waals surface area contributed by atoms with E-state index >= 15 is 0 Å². The van der Waals surface area contributed by atoms with Crippen LogP contribution in [0.15, 0.2) is 30.3 Å². The van der Waals surface area contributed by atoms with E-state index in [1.54, 1.807) is 0 Å². The lowest BCUT2D eigenvalue weighted by atomic mass is 10.1. The summed E-state index contributed by atoms with van der Waals surface area (Å²) >= 11 is 0. The van der Waals surface area contributed by atoms with Crippen LogP contribution in [0, 0.1) is 0 Å². The molecule has 3 unspecified atom stereocenters. The molecule has 1 fully saturated rings. The predicted octanol–water partition coefficient (Wildman–Crippen LogP) is 3.26. The van der Waals surface area contributed by atoms with Crippen molar-refractivity contribution in [2.75, 3.05) is 0 Å². The third kappa shape index (κ3) is 6.06. The third-order valence-electron chi connectivity index (χ3n) is 3.70. The molecule has 1 aliphatic rings. The minimum absolute atomic E-state index is 0.203. The highest BCUT2D eigenvalue weighted by Crippen LogP contribution is 2.23.